The zero-order valence-electron chi connectivity index (χ0n) is 19.7. The Morgan fingerprint density at radius 2 is 1.85 bits per heavy atom. The number of halogens is 1. The van der Waals surface area contributed by atoms with E-state index < -0.39 is 0 Å². The van der Waals surface area contributed by atoms with E-state index in [1.807, 2.05) is 36.4 Å². The molecule has 0 saturated heterocycles. The normalized spacial score (nSPS) is 11.0. The minimum atomic E-state index is 0.107. The van der Waals surface area contributed by atoms with Gasteiger partial charge in [0.1, 0.15) is 5.82 Å². The van der Waals surface area contributed by atoms with E-state index in [0.29, 0.717) is 19.6 Å². The fourth-order valence-electron chi connectivity index (χ4n) is 3.62. The van der Waals surface area contributed by atoms with Crippen molar-refractivity contribution in [3.8, 4) is 0 Å². The highest BCUT2D eigenvalue weighted by Crippen LogP contribution is 2.24. The molecule has 1 amide bonds. The summed E-state index contributed by atoms with van der Waals surface area (Å²) in [5, 5.41) is 13.6. The Labute approximate surface area is 211 Å². The number of hydrogen-bond acceptors (Lipinski definition) is 5. The summed E-state index contributed by atoms with van der Waals surface area (Å²) in [6.45, 7) is 2.18. The average molecular weight is 501 g/mol. The molecule has 0 aliphatic heterocycles. The number of carbonyl (C=O) groups is 1. The van der Waals surface area contributed by atoms with E-state index in [2.05, 4.69) is 38.3 Å². The molecule has 3 rings (SSSR count). The van der Waals surface area contributed by atoms with Crippen LogP contribution in [0.2, 0.25) is 5.02 Å². The van der Waals surface area contributed by atoms with Crippen LogP contribution in [-0.2, 0) is 34.7 Å². The van der Waals surface area contributed by atoms with E-state index in [4.69, 9.17) is 16.3 Å². The van der Waals surface area contributed by atoms with Gasteiger partial charge >= 0.3 is 0 Å². The number of aryl methyl sites for hydroxylation is 1. The van der Waals surface area contributed by atoms with E-state index in [1.165, 1.54) is 5.56 Å². The van der Waals surface area contributed by atoms with Crippen molar-refractivity contribution in [1.82, 2.24) is 20.1 Å². The molecule has 2 aromatic carbocycles. The van der Waals surface area contributed by atoms with Crippen molar-refractivity contribution >= 4 is 29.3 Å². The maximum Gasteiger partial charge on any atom is 0.220 e. The first-order valence-electron chi connectivity index (χ1n) is 11.7. The Balaban J connectivity index is 1.44. The third-order valence-electron chi connectivity index (χ3n) is 5.41. The molecule has 0 fully saturated rings. The van der Waals surface area contributed by atoms with Crippen LogP contribution in [0.25, 0.3) is 0 Å². The zero-order valence-corrected chi connectivity index (χ0v) is 21.3. The molecule has 0 spiro atoms. The van der Waals surface area contributed by atoms with E-state index >= 15 is 0 Å². The number of thioether (sulfide) groups is 1. The summed E-state index contributed by atoms with van der Waals surface area (Å²) < 4.78 is 7.42. The van der Waals surface area contributed by atoms with Gasteiger partial charge in [-0.3, -0.25) is 4.79 Å². The Hall–Kier alpha value is -2.35. The van der Waals surface area contributed by atoms with Gasteiger partial charge in [-0.15, -0.1) is 10.2 Å². The molecular weight excluding hydrogens is 468 g/mol. The number of benzene rings is 2. The zero-order chi connectivity index (χ0) is 24.0. The van der Waals surface area contributed by atoms with Gasteiger partial charge in [-0.25, -0.2) is 0 Å². The summed E-state index contributed by atoms with van der Waals surface area (Å²) in [6, 6.07) is 18.1. The molecule has 1 heterocycles. The van der Waals surface area contributed by atoms with E-state index in [-0.39, 0.29) is 5.91 Å². The van der Waals surface area contributed by atoms with Gasteiger partial charge in [0, 0.05) is 50.4 Å². The maximum atomic E-state index is 12.2. The SMILES string of the molecule is COCCCn1c(CCCCC(=O)NCCc2ccccc2)nnc1SCc1cccc(Cl)c1. The summed E-state index contributed by atoms with van der Waals surface area (Å²) in [7, 11) is 1.72. The van der Waals surface area contributed by atoms with Gasteiger partial charge in [-0.05, 0) is 48.9 Å². The summed E-state index contributed by atoms with van der Waals surface area (Å²) in [6.07, 6.45) is 4.81. The highest BCUT2D eigenvalue weighted by Gasteiger charge is 2.13. The molecule has 0 atom stereocenters. The molecule has 8 heteroatoms. The highest BCUT2D eigenvalue weighted by atomic mass is 35.5. The maximum absolute atomic E-state index is 12.2. The van der Waals surface area contributed by atoms with Crippen LogP contribution in [0.5, 0.6) is 0 Å². The molecule has 0 bridgehead atoms. The first-order valence-corrected chi connectivity index (χ1v) is 13.1. The topological polar surface area (TPSA) is 69.0 Å². The van der Waals surface area contributed by atoms with Gasteiger partial charge in [0.05, 0.1) is 0 Å². The Morgan fingerprint density at radius 1 is 1.03 bits per heavy atom. The second-order valence-corrected chi connectivity index (χ2v) is 9.49. The molecule has 3 aromatic rings. The number of unbranched alkanes of at least 4 members (excludes halogenated alkanes) is 1. The molecule has 0 aliphatic carbocycles. The van der Waals surface area contributed by atoms with Gasteiger partial charge in [0.15, 0.2) is 5.16 Å². The van der Waals surface area contributed by atoms with E-state index in [1.54, 1.807) is 18.9 Å². The summed E-state index contributed by atoms with van der Waals surface area (Å²) in [5.41, 5.74) is 2.39. The number of carbonyl (C=O) groups excluding carboxylic acids is 1. The molecule has 182 valence electrons. The van der Waals surface area contributed by atoms with E-state index in [0.717, 1.165) is 66.0 Å². The van der Waals surface area contributed by atoms with Gasteiger partial charge in [-0.2, -0.15) is 0 Å². The van der Waals surface area contributed by atoms with Crippen molar-refractivity contribution in [1.29, 1.82) is 0 Å². The Kier molecular flexibility index (Phi) is 11.4. The molecular formula is C26H33ClN4O2S. The van der Waals surface area contributed by atoms with Gasteiger partial charge in [0.25, 0.3) is 0 Å². The first kappa shape index (κ1) is 26.3. The van der Waals surface area contributed by atoms with Crippen LogP contribution < -0.4 is 5.32 Å². The fourth-order valence-corrected chi connectivity index (χ4v) is 4.76. The lowest BCUT2D eigenvalue weighted by molar-refractivity contribution is -0.121. The molecule has 0 aliphatic rings. The largest absolute Gasteiger partial charge is 0.385 e. The number of amides is 1. The number of ether oxygens (including phenoxy) is 1. The summed E-state index contributed by atoms with van der Waals surface area (Å²) >= 11 is 7.78. The number of nitrogens with one attached hydrogen (secondary N) is 1. The minimum Gasteiger partial charge on any atom is -0.385 e. The van der Waals surface area contributed by atoms with Crippen LogP contribution in [0.1, 0.15) is 42.6 Å². The summed E-state index contributed by atoms with van der Waals surface area (Å²) in [5.74, 6) is 1.86. The second-order valence-electron chi connectivity index (χ2n) is 8.11. The lowest BCUT2D eigenvalue weighted by atomic mass is 10.1. The molecule has 34 heavy (non-hydrogen) atoms. The highest BCUT2D eigenvalue weighted by molar-refractivity contribution is 7.98. The number of aromatic nitrogens is 3. The van der Waals surface area contributed by atoms with Crippen molar-refractivity contribution in [3.63, 3.8) is 0 Å². The first-order chi connectivity index (χ1) is 16.7. The van der Waals surface area contributed by atoms with Crippen molar-refractivity contribution in [2.45, 2.75) is 56.0 Å². The quantitative estimate of drug-likeness (QED) is 0.225. The Morgan fingerprint density at radius 3 is 2.65 bits per heavy atom. The molecule has 6 nitrogen and oxygen atoms in total. The molecule has 0 unspecified atom stereocenters. The lowest BCUT2D eigenvalue weighted by Crippen LogP contribution is -2.25. The number of nitrogens with zero attached hydrogens (tertiary/aromatic N) is 3. The minimum absolute atomic E-state index is 0.107. The lowest BCUT2D eigenvalue weighted by Gasteiger charge is -2.10. The summed E-state index contributed by atoms with van der Waals surface area (Å²) in [4.78, 5) is 12.2. The molecule has 0 saturated carbocycles. The van der Waals surface area contributed by atoms with Crippen molar-refractivity contribution < 1.29 is 9.53 Å². The fraction of sp³-hybridized carbons (Fsp3) is 0.423. The van der Waals surface area contributed by atoms with Crippen LogP contribution in [-0.4, -0.2) is 40.9 Å². The average Bonchev–Trinajstić information content (AvgIpc) is 3.23. The van der Waals surface area contributed by atoms with Crippen molar-refractivity contribution in [2.75, 3.05) is 20.3 Å². The van der Waals surface area contributed by atoms with Crippen molar-refractivity contribution in [3.05, 3.63) is 76.6 Å². The third kappa shape index (κ3) is 9.12. The van der Waals surface area contributed by atoms with Crippen LogP contribution in [0.4, 0.5) is 0 Å². The van der Waals surface area contributed by atoms with Crippen LogP contribution >= 0.6 is 23.4 Å². The van der Waals surface area contributed by atoms with Crippen LogP contribution in [0, 0.1) is 0 Å². The molecule has 0 radical (unpaired) electrons. The predicted octanol–water partition coefficient (Wildman–Crippen LogP) is 5.33. The number of rotatable bonds is 15. The number of methoxy groups -OCH3 is 1. The number of hydrogen-bond donors (Lipinski definition) is 1. The third-order valence-corrected chi connectivity index (χ3v) is 6.69. The van der Waals surface area contributed by atoms with E-state index in [9.17, 15) is 4.79 Å². The van der Waals surface area contributed by atoms with Gasteiger partial charge < -0.3 is 14.6 Å². The predicted molar refractivity (Wildman–Crippen MR) is 138 cm³/mol. The van der Waals surface area contributed by atoms with Crippen molar-refractivity contribution in [2.24, 2.45) is 0 Å². The smallest absolute Gasteiger partial charge is 0.220 e. The molecule has 1 N–H and O–H groups in total. The van der Waals surface area contributed by atoms with Gasteiger partial charge in [-0.1, -0.05) is 65.8 Å². The van der Waals surface area contributed by atoms with Crippen LogP contribution in [0.15, 0.2) is 59.8 Å². The Bertz CT molecular complexity index is 1010. The molecule has 1 aromatic heterocycles. The van der Waals surface area contributed by atoms with Gasteiger partial charge in [0.2, 0.25) is 5.91 Å². The monoisotopic (exact) mass is 500 g/mol. The standard InChI is InChI=1S/C26H33ClN4O2S/c1-33-18-8-17-31-24(29-30-26(31)34-20-22-11-7-12-23(27)19-22)13-5-6-14-25(32)28-16-15-21-9-3-2-4-10-21/h2-4,7,9-12,19H,5-6,8,13-18,20H2,1H3,(H,28,32). The second kappa shape index (κ2) is 14.8. The van der Waals surface area contributed by atoms with Crippen LogP contribution in [0.3, 0.4) is 0 Å².